The molecule has 3 aromatic rings. The summed E-state index contributed by atoms with van der Waals surface area (Å²) in [5, 5.41) is 3.79. The van der Waals surface area contributed by atoms with Crippen LogP contribution in [0.1, 0.15) is 53.1 Å². The number of aryl methyl sites for hydroxylation is 1. The third-order valence-electron chi connectivity index (χ3n) is 8.38. The molecule has 1 aliphatic carbocycles. The monoisotopic (exact) mass is 546 g/mol. The summed E-state index contributed by atoms with van der Waals surface area (Å²) in [6, 6.07) is 9.65. The van der Waals surface area contributed by atoms with E-state index in [4.69, 9.17) is 0 Å². The van der Waals surface area contributed by atoms with Gasteiger partial charge in [0.05, 0.1) is 12.1 Å². The first-order chi connectivity index (χ1) is 18.0. The summed E-state index contributed by atoms with van der Waals surface area (Å²) in [5.74, 6) is 0.194. The zero-order chi connectivity index (χ0) is 27.4. The molecule has 2 fully saturated rings. The highest BCUT2D eigenvalue weighted by atomic mass is 32.2. The predicted molar refractivity (Wildman–Crippen MR) is 144 cm³/mol. The number of para-hydroxylation sites is 1. The fourth-order valence-electron chi connectivity index (χ4n) is 6.79. The van der Waals surface area contributed by atoms with Crippen molar-refractivity contribution in [3.63, 3.8) is 0 Å². The molecule has 2 bridgehead atoms. The number of hydrogen-bond acceptors (Lipinski definition) is 4. The van der Waals surface area contributed by atoms with Crippen LogP contribution in [0.4, 0.5) is 13.2 Å². The topological polar surface area (TPSA) is 70.1 Å². The van der Waals surface area contributed by atoms with Crippen LogP contribution in [0.5, 0.6) is 0 Å². The average molecular weight is 547 g/mol. The molecule has 0 radical (unpaired) electrons. The van der Waals surface area contributed by atoms with Gasteiger partial charge in [-0.05, 0) is 63.8 Å². The summed E-state index contributed by atoms with van der Waals surface area (Å²) in [5.41, 5.74) is 3.42. The molecule has 1 saturated carbocycles. The molecule has 1 aromatic carbocycles. The van der Waals surface area contributed by atoms with Crippen LogP contribution < -0.4 is 10.9 Å². The van der Waals surface area contributed by atoms with E-state index < -0.39 is 12.7 Å². The van der Waals surface area contributed by atoms with Gasteiger partial charge in [-0.1, -0.05) is 18.2 Å². The molecule has 10 heteroatoms. The average Bonchev–Trinajstić information content (AvgIpc) is 3.51. The molecule has 1 aliphatic heterocycles. The Morgan fingerprint density at radius 1 is 1.24 bits per heavy atom. The number of H-pyrrole nitrogens is 1. The Bertz CT molecular complexity index is 1430. The maximum Gasteiger partial charge on any atom is 0.401 e. The van der Waals surface area contributed by atoms with Crippen LogP contribution in [0.25, 0.3) is 10.9 Å². The van der Waals surface area contributed by atoms with E-state index >= 15 is 0 Å². The smallest absolute Gasteiger partial charge is 0.348 e. The number of likely N-dealkylation sites (tertiary alicyclic amines) is 1. The number of hydrogen-bond donors (Lipinski definition) is 2. The summed E-state index contributed by atoms with van der Waals surface area (Å²) in [6.07, 6.45) is -0.763. The van der Waals surface area contributed by atoms with Crippen LogP contribution in [0.2, 0.25) is 0 Å². The number of pyridine rings is 1. The molecule has 6 nitrogen and oxygen atoms in total. The van der Waals surface area contributed by atoms with E-state index in [0.717, 1.165) is 40.0 Å². The van der Waals surface area contributed by atoms with Gasteiger partial charge in [0, 0.05) is 57.9 Å². The van der Waals surface area contributed by atoms with Crippen molar-refractivity contribution in [2.24, 2.45) is 11.8 Å². The number of amides is 1. The molecule has 3 heterocycles. The zero-order valence-electron chi connectivity index (χ0n) is 22.0. The summed E-state index contributed by atoms with van der Waals surface area (Å²) in [7, 11) is 0. The third-order valence-corrected chi connectivity index (χ3v) is 9.18. The Morgan fingerprint density at radius 3 is 2.63 bits per heavy atom. The fourth-order valence-corrected chi connectivity index (χ4v) is 7.49. The van der Waals surface area contributed by atoms with Crippen LogP contribution >= 0.6 is 11.8 Å². The second kappa shape index (κ2) is 10.1. The molecule has 0 spiro atoms. The minimum Gasteiger partial charge on any atom is -0.348 e. The summed E-state index contributed by atoms with van der Waals surface area (Å²) >= 11 is 1.47. The van der Waals surface area contributed by atoms with Crippen molar-refractivity contribution in [2.75, 3.05) is 19.3 Å². The van der Waals surface area contributed by atoms with E-state index in [1.165, 1.54) is 11.8 Å². The number of nitrogens with one attached hydrogen (secondary N) is 2. The van der Waals surface area contributed by atoms with Crippen molar-refractivity contribution in [3.8, 4) is 0 Å². The maximum atomic E-state index is 13.5. The number of piperidine rings is 1. The molecule has 38 heavy (non-hydrogen) atoms. The van der Waals surface area contributed by atoms with E-state index in [9.17, 15) is 22.8 Å². The number of halogens is 3. The van der Waals surface area contributed by atoms with E-state index in [0.29, 0.717) is 17.7 Å². The third kappa shape index (κ3) is 4.88. The van der Waals surface area contributed by atoms with Crippen LogP contribution in [0.15, 0.2) is 40.0 Å². The second-order valence-corrected chi connectivity index (χ2v) is 11.5. The molecular formula is C28H33F3N4O2S. The minimum absolute atomic E-state index is 0.0347. The van der Waals surface area contributed by atoms with Crippen LogP contribution in [-0.2, 0) is 6.54 Å². The number of carbonyl (C=O) groups excluding carboxylic acids is 1. The lowest BCUT2D eigenvalue weighted by Crippen LogP contribution is -2.42. The van der Waals surface area contributed by atoms with Crippen molar-refractivity contribution in [1.29, 1.82) is 0 Å². The standard InChI is InChI=1S/C28H33F3N4O2S/c1-15-9-24(38-4)22(26(36)33-15)12-32-27(37)25-17(3)35(23-8-6-5-7-20(23)25)16(2)21-11-19-10-18(21)13-34(19)14-28(29,30)31/h5-9,16,18-19,21H,10-14H2,1-4H3,(H,32,37)(H,33,36)/t16-,18?,19?,21?/m1/s1. The Balaban J connectivity index is 1.40. The molecular weight excluding hydrogens is 513 g/mol. The van der Waals surface area contributed by atoms with Gasteiger partial charge in [-0.2, -0.15) is 13.2 Å². The largest absolute Gasteiger partial charge is 0.401 e. The first-order valence-electron chi connectivity index (χ1n) is 12.9. The van der Waals surface area contributed by atoms with Crippen LogP contribution in [0.3, 0.4) is 0 Å². The minimum atomic E-state index is -4.18. The molecule has 204 valence electrons. The van der Waals surface area contributed by atoms with Crippen LogP contribution in [0, 0.1) is 25.7 Å². The molecule has 3 unspecified atom stereocenters. The number of alkyl halides is 3. The maximum absolute atomic E-state index is 13.5. The number of benzene rings is 1. The predicted octanol–water partition coefficient (Wildman–Crippen LogP) is 5.43. The van der Waals surface area contributed by atoms with E-state index in [2.05, 4.69) is 21.8 Å². The Hall–Kier alpha value is -2.72. The number of nitrogens with zero attached hydrogens (tertiary/aromatic N) is 2. The normalized spacial score (nSPS) is 22.3. The van der Waals surface area contributed by atoms with Gasteiger partial charge in [0.1, 0.15) is 0 Å². The molecule has 1 saturated heterocycles. The lowest BCUT2D eigenvalue weighted by molar-refractivity contribution is -0.150. The highest BCUT2D eigenvalue weighted by molar-refractivity contribution is 7.98. The quantitative estimate of drug-likeness (QED) is 0.388. The summed E-state index contributed by atoms with van der Waals surface area (Å²) < 4.78 is 41.2. The SMILES string of the molecule is CSc1cc(C)[nH]c(=O)c1CNC(=O)c1c(C)n([C@H](C)C2CC3CC2CN3CC(F)(F)F)c2ccccc12. The molecule has 1 amide bonds. The number of rotatable bonds is 7. The number of fused-ring (bicyclic) bond motifs is 3. The summed E-state index contributed by atoms with van der Waals surface area (Å²) in [4.78, 5) is 31.3. The van der Waals surface area contributed by atoms with Gasteiger partial charge in [-0.25, -0.2) is 0 Å². The number of carbonyl (C=O) groups is 1. The Morgan fingerprint density at radius 2 is 1.97 bits per heavy atom. The van der Waals surface area contributed by atoms with Gasteiger partial charge in [-0.3, -0.25) is 14.5 Å². The second-order valence-electron chi connectivity index (χ2n) is 10.7. The van der Waals surface area contributed by atoms with Crippen molar-refractivity contribution in [2.45, 2.75) is 63.3 Å². The van der Waals surface area contributed by atoms with Gasteiger partial charge < -0.3 is 14.9 Å². The van der Waals surface area contributed by atoms with Gasteiger partial charge in [0.25, 0.3) is 11.5 Å². The van der Waals surface area contributed by atoms with Crippen molar-refractivity contribution >= 4 is 28.6 Å². The van der Waals surface area contributed by atoms with Crippen LogP contribution in [-0.4, -0.2) is 51.9 Å². The zero-order valence-corrected chi connectivity index (χ0v) is 22.8. The molecule has 2 N–H and O–H groups in total. The highest BCUT2D eigenvalue weighted by Crippen LogP contribution is 2.48. The van der Waals surface area contributed by atoms with E-state index in [1.807, 2.05) is 50.4 Å². The van der Waals surface area contributed by atoms with Crippen molar-refractivity contribution in [1.82, 2.24) is 19.8 Å². The summed E-state index contributed by atoms with van der Waals surface area (Å²) in [6.45, 7) is 5.62. The molecule has 4 atom stereocenters. The Labute approximate surface area is 224 Å². The lowest BCUT2D eigenvalue weighted by Gasteiger charge is -2.36. The molecule has 2 aliphatic rings. The first kappa shape index (κ1) is 26.9. The number of aromatic amines is 1. The fraction of sp³-hybridized carbons (Fsp3) is 0.500. The van der Waals surface area contributed by atoms with E-state index in [-0.39, 0.29) is 41.9 Å². The molecule has 2 aromatic heterocycles. The first-order valence-corrected chi connectivity index (χ1v) is 14.2. The number of thioether (sulfide) groups is 1. The van der Waals surface area contributed by atoms with Gasteiger partial charge in [0.15, 0.2) is 0 Å². The molecule has 5 rings (SSSR count). The van der Waals surface area contributed by atoms with Crippen molar-refractivity contribution < 1.29 is 18.0 Å². The Kier molecular flexibility index (Phi) is 7.15. The number of aromatic nitrogens is 2. The van der Waals surface area contributed by atoms with Gasteiger partial charge in [0.2, 0.25) is 0 Å². The lowest BCUT2D eigenvalue weighted by atomic mass is 9.88. The van der Waals surface area contributed by atoms with Gasteiger partial charge >= 0.3 is 6.18 Å². The van der Waals surface area contributed by atoms with Gasteiger partial charge in [-0.15, -0.1) is 11.8 Å². The highest BCUT2D eigenvalue weighted by Gasteiger charge is 2.49. The van der Waals surface area contributed by atoms with E-state index in [1.54, 1.807) is 4.90 Å². The van der Waals surface area contributed by atoms with Crippen molar-refractivity contribution in [3.05, 3.63) is 63.2 Å².